The smallest absolute Gasteiger partial charge is 0.240 e. The molecule has 0 spiro atoms. The summed E-state index contributed by atoms with van der Waals surface area (Å²) in [6.45, 7) is 1.56. The Morgan fingerprint density at radius 2 is 1.96 bits per heavy atom. The van der Waals surface area contributed by atoms with Crippen molar-refractivity contribution in [1.29, 1.82) is 0 Å². The van der Waals surface area contributed by atoms with Crippen LogP contribution >= 0.6 is 11.6 Å². The Morgan fingerprint density at radius 1 is 1.19 bits per heavy atom. The molecule has 0 aliphatic carbocycles. The summed E-state index contributed by atoms with van der Waals surface area (Å²) in [7, 11) is 0. The molecule has 0 radical (unpaired) electrons. The number of amides is 1. The quantitative estimate of drug-likeness (QED) is 0.596. The maximum atomic E-state index is 12.2. The second-order valence-electron chi connectivity index (χ2n) is 5.84. The molecule has 3 N–H and O–H groups in total. The SMILES string of the molecule is NCCCNC(=O)Cn1c(COc2ccc(Cl)cc2)nc2ccccc21. The van der Waals surface area contributed by atoms with E-state index >= 15 is 0 Å². The summed E-state index contributed by atoms with van der Waals surface area (Å²) in [5.41, 5.74) is 7.19. The molecule has 1 aromatic heterocycles. The van der Waals surface area contributed by atoms with Crippen LogP contribution in [0.25, 0.3) is 11.0 Å². The first-order valence-corrected chi connectivity index (χ1v) is 8.84. The minimum absolute atomic E-state index is 0.0747. The lowest BCUT2D eigenvalue weighted by Crippen LogP contribution is -2.30. The number of carbonyl (C=O) groups is 1. The van der Waals surface area contributed by atoms with E-state index in [1.54, 1.807) is 24.3 Å². The van der Waals surface area contributed by atoms with E-state index < -0.39 is 0 Å². The molecule has 2 aromatic carbocycles. The number of nitrogens with one attached hydrogen (secondary N) is 1. The zero-order chi connectivity index (χ0) is 18.4. The highest BCUT2D eigenvalue weighted by atomic mass is 35.5. The van der Waals surface area contributed by atoms with Crippen LogP contribution < -0.4 is 15.8 Å². The first kappa shape index (κ1) is 18.2. The highest BCUT2D eigenvalue weighted by Gasteiger charge is 2.14. The second-order valence-corrected chi connectivity index (χ2v) is 6.27. The number of carbonyl (C=O) groups excluding carboxylic acids is 1. The lowest BCUT2D eigenvalue weighted by atomic mass is 10.3. The molecule has 0 fully saturated rings. The number of para-hydroxylation sites is 2. The molecule has 0 aliphatic rings. The lowest BCUT2D eigenvalue weighted by molar-refractivity contribution is -0.121. The predicted octanol–water partition coefficient (Wildman–Crippen LogP) is 2.73. The van der Waals surface area contributed by atoms with Crippen LogP contribution in [0.4, 0.5) is 0 Å². The van der Waals surface area contributed by atoms with Gasteiger partial charge in [-0.15, -0.1) is 0 Å². The summed E-state index contributed by atoms with van der Waals surface area (Å²) in [5, 5.41) is 3.52. The Balaban J connectivity index is 1.77. The van der Waals surface area contributed by atoms with Crippen LogP contribution in [0.3, 0.4) is 0 Å². The summed E-state index contributed by atoms with van der Waals surface area (Å²) >= 11 is 5.89. The van der Waals surface area contributed by atoms with Crippen molar-refractivity contribution in [3.8, 4) is 5.75 Å². The van der Waals surface area contributed by atoms with Crippen LogP contribution in [-0.2, 0) is 17.9 Å². The van der Waals surface area contributed by atoms with Crippen molar-refractivity contribution in [2.24, 2.45) is 5.73 Å². The van der Waals surface area contributed by atoms with Gasteiger partial charge in [0.15, 0.2) is 0 Å². The van der Waals surface area contributed by atoms with Crippen LogP contribution in [0.2, 0.25) is 5.02 Å². The highest BCUT2D eigenvalue weighted by molar-refractivity contribution is 6.30. The molecular weight excluding hydrogens is 352 g/mol. The highest BCUT2D eigenvalue weighted by Crippen LogP contribution is 2.20. The minimum atomic E-state index is -0.0747. The topological polar surface area (TPSA) is 82.2 Å². The average molecular weight is 373 g/mol. The summed E-state index contributed by atoms with van der Waals surface area (Å²) < 4.78 is 7.69. The van der Waals surface area contributed by atoms with Gasteiger partial charge in [0, 0.05) is 11.6 Å². The Hall–Kier alpha value is -2.57. The van der Waals surface area contributed by atoms with Crippen LogP contribution in [0, 0.1) is 0 Å². The maximum Gasteiger partial charge on any atom is 0.240 e. The molecule has 0 saturated heterocycles. The zero-order valence-electron chi connectivity index (χ0n) is 14.3. The number of aromatic nitrogens is 2. The fourth-order valence-corrected chi connectivity index (χ4v) is 2.75. The van der Waals surface area contributed by atoms with Crippen molar-refractivity contribution < 1.29 is 9.53 Å². The zero-order valence-corrected chi connectivity index (χ0v) is 15.1. The third-order valence-corrected chi connectivity index (χ3v) is 4.17. The number of hydrogen-bond donors (Lipinski definition) is 2. The minimum Gasteiger partial charge on any atom is -0.486 e. The van der Waals surface area contributed by atoms with Gasteiger partial charge in [0.2, 0.25) is 5.91 Å². The van der Waals surface area contributed by atoms with E-state index in [1.165, 1.54) is 0 Å². The van der Waals surface area contributed by atoms with E-state index in [0.717, 1.165) is 17.5 Å². The summed E-state index contributed by atoms with van der Waals surface area (Å²) in [4.78, 5) is 16.8. The molecule has 1 heterocycles. The molecular formula is C19H21ClN4O2. The van der Waals surface area contributed by atoms with E-state index in [-0.39, 0.29) is 19.1 Å². The molecule has 136 valence electrons. The van der Waals surface area contributed by atoms with Gasteiger partial charge >= 0.3 is 0 Å². The van der Waals surface area contributed by atoms with Crippen molar-refractivity contribution in [2.75, 3.05) is 13.1 Å². The predicted molar refractivity (Wildman–Crippen MR) is 102 cm³/mol. The van der Waals surface area contributed by atoms with Crippen LogP contribution in [0.15, 0.2) is 48.5 Å². The maximum absolute atomic E-state index is 12.2. The van der Waals surface area contributed by atoms with Crippen molar-refractivity contribution in [1.82, 2.24) is 14.9 Å². The lowest BCUT2D eigenvalue weighted by Gasteiger charge is -2.11. The summed E-state index contributed by atoms with van der Waals surface area (Å²) in [6.07, 6.45) is 0.753. The molecule has 7 heteroatoms. The molecule has 0 bridgehead atoms. The average Bonchev–Trinajstić information content (AvgIpc) is 2.99. The largest absolute Gasteiger partial charge is 0.486 e. The van der Waals surface area contributed by atoms with E-state index in [1.807, 2.05) is 28.8 Å². The molecule has 0 unspecified atom stereocenters. The monoisotopic (exact) mass is 372 g/mol. The summed E-state index contributed by atoms with van der Waals surface area (Å²) in [5.74, 6) is 1.31. The third-order valence-electron chi connectivity index (χ3n) is 3.92. The molecule has 6 nitrogen and oxygen atoms in total. The number of fused-ring (bicyclic) bond motifs is 1. The first-order valence-electron chi connectivity index (χ1n) is 8.46. The Labute approximate surface area is 156 Å². The fourth-order valence-electron chi connectivity index (χ4n) is 2.62. The molecule has 3 rings (SSSR count). The van der Waals surface area contributed by atoms with Crippen LogP contribution in [0.5, 0.6) is 5.75 Å². The number of hydrogen-bond acceptors (Lipinski definition) is 4. The molecule has 0 atom stereocenters. The van der Waals surface area contributed by atoms with Gasteiger partial charge in [0.25, 0.3) is 0 Å². The summed E-state index contributed by atoms with van der Waals surface area (Å²) in [6, 6.07) is 14.9. The van der Waals surface area contributed by atoms with E-state index in [2.05, 4.69) is 10.3 Å². The van der Waals surface area contributed by atoms with Gasteiger partial charge in [-0.2, -0.15) is 0 Å². The molecule has 26 heavy (non-hydrogen) atoms. The second kappa shape index (κ2) is 8.69. The molecule has 1 amide bonds. The van der Waals surface area contributed by atoms with Gasteiger partial charge in [0.1, 0.15) is 24.7 Å². The fraction of sp³-hybridized carbons (Fsp3) is 0.263. The van der Waals surface area contributed by atoms with Crippen molar-refractivity contribution >= 4 is 28.5 Å². The Bertz CT molecular complexity index is 877. The Morgan fingerprint density at radius 3 is 2.73 bits per heavy atom. The first-order chi connectivity index (χ1) is 12.7. The molecule has 0 saturated carbocycles. The molecule has 0 aliphatic heterocycles. The van der Waals surface area contributed by atoms with Crippen LogP contribution in [-0.4, -0.2) is 28.5 Å². The van der Waals surface area contributed by atoms with Gasteiger partial charge < -0.3 is 20.4 Å². The van der Waals surface area contributed by atoms with E-state index in [0.29, 0.717) is 29.7 Å². The van der Waals surface area contributed by atoms with Gasteiger partial charge in [0.05, 0.1) is 11.0 Å². The number of nitrogens with zero attached hydrogens (tertiary/aromatic N) is 2. The number of rotatable bonds is 8. The molecule has 3 aromatic rings. The van der Waals surface area contributed by atoms with Gasteiger partial charge in [-0.25, -0.2) is 4.98 Å². The number of ether oxygens (including phenoxy) is 1. The number of benzene rings is 2. The third kappa shape index (κ3) is 4.53. The van der Waals surface area contributed by atoms with Gasteiger partial charge in [-0.3, -0.25) is 4.79 Å². The van der Waals surface area contributed by atoms with E-state index in [4.69, 9.17) is 22.1 Å². The number of imidazole rings is 1. The van der Waals surface area contributed by atoms with Crippen molar-refractivity contribution in [3.63, 3.8) is 0 Å². The van der Waals surface area contributed by atoms with Crippen molar-refractivity contribution in [2.45, 2.75) is 19.6 Å². The van der Waals surface area contributed by atoms with Gasteiger partial charge in [-0.05, 0) is 49.4 Å². The van der Waals surface area contributed by atoms with Gasteiger partial charge in [-0.1, -0.05) is 23.7 Å². The number of nitrogens with two attached hydrogens (primary N) is 1. The Kier molecular flexibility index (Phi) is 6.09. The van der Waals surface area contributed by atoms with E-state index in [9.17, 15) is 4.79 Å². The standard InChI is InChI=1S/C19H21ClN4O2/c20-14-6-8-15(9-7-14)26-13-18-23-16-4-1-2-5-17(16)24(18)12-19(25)22-11-3-10-21/h1-2,4-9H,3,10-13,21H2,(H,22,25). The van der Waals surface area contributed by atoms with Crippen LogP contribution in [0.1, 0.15) is 12.2 Å². The van der Waals surface area contributed by atoms with Crippen molar-refractivity contribution in [3.05, 3.63) is 59.4 Å². The number of halogens is 1. The normalized spacial score (nSPS) is 10.8.